The van der Waals surface area contributed by atoms with Gasteiger partial charge in [-0.3, -0.25) is 19.2 Å². The minimum atomic E-state index is -0.562. The van der Waals surface area contributed by atoms with Crippen molar-refractivity contribution in [1.29, 1.82) is 0 Å². The quantitative estimate of drug-likeness (QED) is 0.550. The third-order valence-electron chi connectivity index (χ3n) is 2.38. The van der Waals surface area contributed by atoms with Crippen molar-refractivity contribution in [2.45, 2.75) is 80.1 Å². The second kappa shape index (κ2) is 15.2. The van der Waals surface area contributed by atoms with Crippen molar-refractivity contribution in [2.24, 2.45) is 16.9 Å². The number of amides is 2. The van der Waals surface area contributed by atoms with Crippen molar-refractivity contribution in [1.82, 2.24) is 0 Å². The number of unbranched alkanes of at least 4 members (excludes halogenated alkanes) is 2. The van der Waals surface area contributed by atoms with E-state index < -0.39 is 11.8 Å². The lowest BCUT2D eigenvalue weighted by Crippen LogP contribution is -2.13. The van der Waals surface area contributed by atoms with Gasteiger partial charge < -0.3 is 11.5 Å². The van der Waals surface area contributed by atoms with Gasteiger partial charge in [0.1, 0.15) is 11.6 Å². The van der Waals surface area contributed by atoms with Gasteiger partial charge in [0, 0.05) is 0 Å². The molecule has 23 heavy (non-hydrogen) atoms. The van der Waals surface area contributed by atoms with Gasteiger partial charge in [-0.25, -0.2) is 0 Å². The van der Waals surface area contributed by atoms with E-state index in [1.165, 1.54) is 39.5 Å². The minimum absolute atomic E-state index is 0.139. The molecule has 0 aliphatic heterocycles. The third kappa shape index (κ3) is 44.9. The SMILES string of the molecule is CC(=O)CC(N)=O.CC(=O)CC(N)=O.CCCCCC(C)(C)C. The van der Waals surface area contributed by atoms with Crippen LogP contribution in [0.25, 0.3) is 0 Å². The van der Waals surface area contributed by atoms with E-state index in [0.29, 0.717) is 5.41 Å². The van der Waals surface area contributed by atoms with Gasteiger partial charge in [0.05, 0.1) is 12.8 Å². The normalized spacial score (nSPS) is 9.65. The number of Topliss-reactive ketones (excluding diaryl/α,β-unsaturated/α-hetero) is 2. The molecule has 0 rings (SSSR count). The Morgan fingerprint density at radius 1 is 0.783 bits per heavy atom. The predicted molar refractivity (Wildman–Crippen MR) is 92.6 cm³/mol. The van der Waals surface area contributed by atoms with E-state index in [-0.39, 0.29) is 24.4 Å². The van der Waals surface area contributed by atoms with Gasteiger partial charge in [-0.15, -0.1) is 0 Å². The smallest absolute Gasteiger partial charge is 0.224 e. The van der Waals surface area contributed by atoms with Gasteiger partial charge in [-0.1, -0.05) is 47.0 Å². The number of primary amides is 2. The zero-order valence-corrected chi connectivity index (χ0v) is 15.5. The lowest BCUT2D eigenvalue weighted by atomic mass is 9.90. The van der Waals surface area contributed by atoms with Crippen molar-refractivity contribution in [3.8, 4) is 0 Å². The number of carbonyl (C=O) groups excluding carboxylic acids is 4. The molecule has 0 aliphatic rings. The molecule has 0 heterocycles. The molecule has 136 valence electrons. The first kappa shape index (κ1) is 26.2. The van der Waals surface area contributed by atoms with Crippen molar-refractivity contribution in [3.05, 3.63) is 0 Å². The molecule has 4 N–H and O–H groups in total. The van der Waals surface area contributed by atoms with Crippen LogP contribution in [0.15, 0.2) is 0 Å². The molecule has 2 amide bonds. The van der Waals surface area contributed by atoms with Crippen molar-refractivity contribution in [3.63, 3.8) is 0 Å². The highest BCUT2D eigenvalue weighted by Gasteiger charge is 2.07. The highest BCUT2D eigenvalue weighted by atomic mass is 16.2. The van der Waals surface area contributed by atoms with E-state index >= 15 is 0 Å². The van der Waals surface area contributed by atoms with E-state index in [4.69, 9.17) is 0 Å². The number of carbonyl (C=O) groups is 4. The summed E-state index contributed by atoms with van der Waals surface area (Å²) in [6.07, 6.45) is 5.24. The van der Waals surface area contributed by atoms with Gasteiger partial charge in [0.2, 0.25) is 11.8 Å². The Balaban J connectivity index is -0.000000264. The number of nitrogens with two attached hydrogens (primary N) is 2. The van der Waals surface area contributed by atoms with Crippen molar-refractivity contribution < 1.29 is 19.2 Å². The predicted octanol–water partition coefficient (Wildman–Crippen LogP) is 2.51. The van der Waals surface area contributed by atoms with Crippen LogP contribution in [0.1, 0.15) is 80.1 Å². The topological polar surface area (TPSA) is 120 Å². The molecule has 0 aromatic carbocycles. The van der Waals surface area contributed by atoms with Crippen LogP contribution in [-0.2, 0) is 19.2 Å². The van der Waals surface area contributed by atoms with Crippen LogP contribution in [0.2, 0.25) is 0 Å². The number of hydrogen-bond donors (Lipinski definition) is 2. The first-order chi connectivity index (χ1) is 10.3. The molecular formula is C17H34N2O4. The zero-order valence-electron chi connectivity index (χ0n) is 15.5. The molecule has 0 unspecified atom stereocenters. The second-order valence-corrected chi connectivity index (χ2v) is 6.71. The monoisotopic (exact) mass is 330 g/mol. The summed E-state index contributed by atoms with van der Waals surface area (Å²) in [7, 11) is 0. The van der Waals surface area contributed by atoms with Crippen LogP contribution in [-0.4, -0.2) is 23.4 Å². The Kier molecular flexibility index (Phi) is 17.3. The molecule has 6 heteroatoms. The summed E-state index contributed by atoms with van der Waals surface area (Å²) >= 11 is 0. The maximum absolute atomic E-state index is 9.95. The van der Waals surface area contributed by atoms with Crippen molar-refractivity contribution >= 4 is 23.4 Å². The largest absolute Gasteiger partial charge is 0.369 e. The molecule has 0 aliphatic carbocycles. The Hall–Kier alpha value is -1.72. The summed E-state index contributed by atoms with van der Waals surface area (Å²) in [5, 5.41) is 0. The number of hydrogen-bond acceptors (Lipinski definition) is 4. The second-order valence-electron chi connectivity index (χ2n) is 6.71. The number of rotatable bonds is 7. The van der Waals surface area contributed by atoms with E-state index in [9.17, 15) is 19.2 Å². The molecule has 0 radical (unpaired) electrons. The molecular weight excluding hydrogens is 296 g/mol. The van der Waals surface area contributed by atoms with Gasteiger partial charge in [0.15, 0.2) is 0 Å². The van der Waals surface area contributed by atoms with Crippen LogP contribution in [0.3, 0.4) is 0 Å². The summed E-state index contributed by atoms with van der Waals surface area (Å²) < 4.78 is 0. The molecule has 0 saturated carbocycles. The Morgan fingerprint density at radius 3 is 1.26 bits per heavy atom. The molecule has 0 fully saturated rings. The van der Waals surface area contributed by atoms with Crippen LogP contribution in [0, 0.1) is 5.41 Å². The van der Waals surface area contributed by atoms with E-state index in [1.807, 2.05) is 0 Å². The summed E-state index contributed by atoms with van der Waals surface area (Å²) in [4.78, 5) is 39.5. The molecule has 0 aromatic heterocycles. The molecule has 0 saturated heterocycles. The lowest BCUT2D eigenvalue weighted by molar-refractivity contribution is -0.126. The molecule has 0 aromatic rings. The molecule has 0 bridgehead atoms. The van der Waals surface area contributed by atoms with Crippen LogP contribution in [0.5, 0.6) is 0 Å². The maximum Gasteiger partial charge on any atom is 0.224 e. The summed E-state index contributed by atoms with van der Waals surface area (Å²) in [5.74, 6) is -1.50. The highest BCUT2D eigenvalue weighted by Crippen LogP contribution is 2.21. The fourth-order valence-corrected chi connectivity index (χ4v) is 1.40. The fourth-order valence-electron chi connectivity index (χ4n) is 1.40. The van der Waals surface area contributed by atoms with Gasteiger partial charge in [-0.05, 0) is 25.7 Å². The summed E-state index contributed by atoms with van der Waals surface area (Å²) in [5.41, 5.74) is 9.82. The zero-order chi connectivity index (χ0) is 19.1. The third-order valence-corrected chi connectivity index (χ3v) is 2.38. The van der Waals surface area contributed by atoms with Crippen LogP contribution >= 0.6 is 0 Å². The fraction of sp³-hybridized carbons (Fsp3) is 0.765. The standard InChI is InChI=1S/C9H20.2C4H7NO2/c1-5-6-7-8-9(2,3)4;2*1-3(6)2-4(5)7/h5-8H2,1-4H3;2*2H2,1H3,(H2,5,7). The molecule has 0 spiro atoms. The summed E-state index contributed by atoms with van der Waals surface area (Å²) in [6.45, 7) is 11.8. The molecule has 6 nitrogen and oxygen atoms in total. The average molecular weight is 330 g/mol. The first-order valence-corrected chi connectivity index (χ1v) is 7.87. The van der Waals surface area contributed by atoms with Crippen LogP contribution in [0.4, 0.5) is 0 Å². The summed E-state index contributed by atoms with van der Waals surface area (Å²) in [6, 6.07) is 0. The van der Waals surface area contributed by atoms with Crippen LogP contribution < -0.4 is 11.5 Å². The van der Waals surface area contributed by atoms with E-state index in [0.717, 1.165) is 0 Å². The Morgan fingerprint density at radius 2 is 1.13 bits per heavy atom. The Labute approximate surface area is 140 Å². The molecule has 0 atom stereocenters. The Bertz CT molecular complexity index is 321. The first-order valence-electron chi connectivity index (χ1n) is 7.87. The van der Waals surface area contributed by atoms with E-state index in [2.05, 4.69) is 39.2 Å². The van der Waals surface area contributed by atoms with Gasteiger partial charge in [-0.2, -0.15) is 0 Å². The average Bonchev–Trinajstić information content (AvgIpc) is 2.25. The minimum Gasteiger partial charge on any atom is -0.369 e. The van der Waals surface area contributed by atoms with Gasteiger partial charge in [0.25, 0.3) is 0 Å². The van der Waals surface area contributed by atoms with Gasteiger partial charge >= 0.3 is 0 Å². The highest BCUT2D eigenvalue weighted by molar-refractivity contribution is 5.96. The van der Waals surface area contributed by atoms with E-state index in [1.54, 1.807) is 0 Å². The lowest BCUT2D eigenvalue weighted by Gasteiger charge is -2.16. The van der Waals surface area contributed by atoms with Crippen molar-refractivity contribution in [2.75, 3.05) is 0 Å². The maximum atomic E-state index is 9.95. The number of ketones is 2.